The molecule has 14 heavy (non-hydrogen) atoms. The highest BCUT2D eigenvalue weighted by Crippen LogP contribution is 2.30. The molecule has 1 nitrogen and oxygen atoms in total. The summed E-state index contributed by atoms with van der Waals surface area (Å²) in [6.45, 7) is 6.70. The van der Waals surface area contributed by atoms with E-state index in [0.29, 0.717) is 11.2 Å². The van der Waals surface area contributed by atoms with E-state index in [2.05, 4.69) is 20.8 Å². The van der Waals surface area contributed by atoms with Crippen LogP contribution in [0, 0.1) is 5.41 Å². The van der Waals surface area contributed by atoms with Crippen molar-refractivity contribution in [2.45, 2.75) is 32.1 Å². The lowest BCUT2D eigenvalue weighted by atomic mass is 9.94. The molecule has 0 saturated heterocycles. The van der Waals surface area contributed by atoms with Crippen LogP contribution in [0.3, 0.4) is 0 Å². The number of aromatic hydroxyl groups is 1. The van der Waals surface area contributed by atoms with Gasteiger partial charge in [0.2, 0.25) is 0 Å². The third-order valence-corrected chi connectivity index (χ3v) is 3.04. The maximum absolute atomic E-state index is 9.52. The van der Waals surface area contributed by atoms with Crippen molar-refractivity contribution in [3.8, 4) is 5.75 Å². The number of phenolic OH excluding ortho intramolecular Hbond substituents is 1. The van der Waals surface area contributed by atoms with Crippen LogP contribution >= 0.6 is 11.8 Å². The molecule has 0 unspecified atom stereocenters. The van der Waals surface area contributed by atoms with Crippen LogP contribution in [0.4, 0.5) is 0 Å². The molecule has 0 aromatic heterocycles. The van der Waals surface area contributed by atoms with Crippen molar-refractivity contribution in [3.63, 3.8) is 0 Å². The minimum absolute atomic E-state index is 0.372. The van der Waals surface area contributed by atoms with Gasteiger partial charge in [-0.1, -0.05) is 32.9 Å². The summed E-state index contributed by atoms with van der Waals surface area (Å²) in [5.41, 5.74) is 0.372. The summed E-state index contributed by atoms with van der Waals surface area (Å²) in [5, 5.41) is 9.52. The lowest BCUT2D eigenvalue weighted by Gasteiger charge is -2.17. The Labute approximate surface area is 90.5 Å². The molecule has 0 atom stereocenters. The van der Waals surface area contributed by atoms with Gasteiger partial charge in [-0.3, -0.25) is 0 Å². The van der Waals surface area contributed by atoms with Gasteiger partial charge >= 0.3 is 0 Å². The Hall–Kier alpha value is -0.630. The predicted octanol–water partition coefficient (Wildman–Crippen LogP) is 3.92. The van der Waals surface area contributed by atoms with E-state index in [1.54, 1.807) is 17.8 Å². The lowest BCUT2D eigenvalue weighted by Crippen LogP contribution is -2.05. The SMILES string of the molecule is CC(C)(C)CCSc1ccccc1O. The summed E-state index contributed by atoms with van der Waals surface area (Å²) in [6.07, 6.45) is 1.16. The molecule has 0 spiro atoms. The molecule has 0 bridgehead atoms. The largest absolute Gasteiger partial charge is 0.507 e. The molecule has 0 saturated carbocycles. The summed E-state index contributed by atoms with van der Waals surface area (Å²) in [5.74, 6) is 1.45. The molecule has 1 rings (SSSR count). The van der Waals surface area contributed by atoms with E-state index in [9.17, 15) is 5.11 Å². The highest BCUT2D eigenvalue weighted by Gasteiger charge is 2.10. The van der Waals surface area contributed by atoms with Gasteiger partial charge in [0.1, 0.15) is 5.75 Å². The minimum atomic E-state index is 0.372. The van der Waals surface area contributed by atoms with Crippen LogP contribution in [0.15, 0.2) is 29.2 Å². The zero-order chi connectivity index (χ0) is 10.6. The molecule has 0 aliphatic heterocycles. The van der Waals surface area contributed by atoms with Gasteiger partial charge in [0.25, 0.3) is 0 Å². The Morgan fingerprint density at radius 1 is 1.21 bits per heavy atom. The molecule has 1 aromatic carbocycles. The third-order valence-electron chi connectivity index (χ3n) is 1.97. The summed E-state index contributed by atoms with van der Waals surface area (Å²) in [7, 11) is 0. The molecule has 0 radical (unpaired) electrons. The number of hydrogen-bond acceptors (Lipinski definition) is 2. The normalized spacial score (nSPS) is 11.6. The first-order chi connectivity index (χ1) is 6.49. The van der Waals surface area contributed by atoms with Gasteiger partial charge in [0.15, 0.2) is 0 Å². The molecule has 0 aliphatic rings. The first kappa shape index (κ1) is 11.4. The fourth-order valence-corrected chi connectivity index (χ4v) is 2.37. The highest BCUT2D eigenvalue weighted by atomic mass is 32.2. The number of hydrogen-bond donors (Lipinski definition) is 1. The van der Waals surface area contributed by atoms with Crippen molar-refractivity contribution in [2.24, 2.45) is 5.41 Å². The molecule has 0 aliphatic carbocycles. The van der Waals surface area contributed by atoms with Crippen molar-refractivity contribution in [1.29, 1.82) is 0 Å². The van der Waals surface area contributed by atoms with E-state index in [-0.39, 0.29) is 0 Å². The van der Waals surface area contributed by atoms with Crippen LogP contribution < -0.4 is 0 Å². The molecule has 0 amide bonds. The van der Waals surface area contributed by atoms with Crippen molar-refractivity contribution in [2.75, 3.05) is 5.75 Å². The van der Waals surface area contributed by atoms with Crippen molar-refractivity contribution < 1.29 is 5.11 Å². The standard InChI is InChI=1S/C12H18OS/c1-12(2,3)8-9-14-11-7-5-4-6-10(11)13/h4-7,13H,8-9H2,1-3H3. The molecule has 1 aromatic rings. The summed E-state index contributed by atoms with van der Waals surface area (Å²) in [6, 6.07) is 7.50. The van der Waals surface area contributed by atoms with Crippen LogP contribution in [-0.4, -0.2) is 10.9 Å². The summed E-state index contributed by atoms with van der Waals surface area (Å²) >= 11 is 1.72. The first-order valence-corrected chi connectivity index (χ1v) is 5.88. The van der Waals surface area contributed by atoms with Gasteiger partial charge in [-0.2, -0.15) is 0 Å². The van der Waals surface area contributed by atoms with Crippen molar-refractivity contribution in [3.05, 3.63) is 24.3 Å². The topological polar surface area (TPSA) is 20.2 Å². The minimum Gasteiger partial charge on any atom is -0.507 e. The van der Waals surface area contributed by atoms with Crippen LogP contribution in [0.1, 0.15) is 27.2 Å². The average molecular weight is 210 g/mol. The smallest absolute Gasteiger partial charge is 0.129 e. The zero-order valence-electron chi connectivity index (χ0n) is 9.08. The molecule has 0 heterocycles. The van der Waals surface area contributed by atoms with Gasteiger partial charge in [-0.25, -0.2) is 0 Å². The predicted molar refractivity (Wildman–Crippen MR) is 62.9 cm³/mol. The first-order valence-electron chi connectivity index (χ1n) is 4.90. The van der Waals surface area contributed by atoms with E-state index in [1.165, 1.54) is 0 Å². The van der Waals surface area contributed by atoms with E-state index in [0.717, 1.165) is 17.1 Å². The Morgan fingerprint density at radius 3 is 2.43 bits per heavy atom. The Bertz CT molecular complexity index is 289. The summed E-state index contributed by atoms with van der Waals surface area (Å²) in [4.78, 5) is 0.983. The van der Waals surface area contributed by atoms with Gasteiger partial charge in [0, 0.05) is 4.90 Å². The molecular weight excluding hydrogens is 192 g/mol. The number of rotatable bonds is 3. The van der Waals surface area contributed by atoms with Gasteiger partial charge in [-0.05, 0) is 29.7 Å². The quantitative estimate of drug-likeness (QED) is 0.763. The van der Waals surface area contributed by atoms with Gasteiger partial charge in [-0.15, -0.1) is 11.8 Å². The maximum atomic E-state index is 9.52. The Kier molecular flexibility index (Phi) is 3.87. The molecule has 0 fully saturated rings. The van der Waals surface area contributed by atoms with Crippen LogP contribution in [-0.2, 0) is 0 Å². The van der Waals surface area contributed by atoms with Crippen LogP contribution in [0.5, 0.6) is 5.75 Å². The van der Waals surface area contributed by atoms with Gasteiger partial charge < -0.3 is 5.11 Å². The lowest BCUT2D eigenvalue weighted by molar-refractivity contribution is 0.401. The number of thioether (sulfide) groups is 1. The highest BCUT2D eigenvalue weighted by molar-refractivity contribution is 7.99. The molecule has 1 N–H and O–H groups in total. The molecule has 78 valence electrons. The van der Waals surface area contributed by atoms with Gasteiger partial charge in [0.05, 0.1) is 0 Å². The van der Waals surface area contributed by atoms with E-state index < -0.39 is 0 Å². The number of para-hydroxylation sites is 1. The van der Waals surface area contributed by atoms with E-state index in [4.69, 9.17) is 0 Å². The summed E-state index contributed by atoms with van der Waals surface area (Å²) < 4.78 is 0. The average Bonchev–Trinajstić information content (AvgIpc) is 2.06. The third kappa shape index (κ3) is 4.05. The Balaban J connectivity index is 2.43. The van der Waals surface area contributed by atoms with Crippen LogP contribution in [0.2, 0.25) is 0 Å². The monoisotopic (exact) mass is 210 g/mol. The maximum Gasteiger partial charge on any atom is 0.129 e. The second-order valence-electron chi connectivity index (χ2n) is 4.63. The molecule has 2 heteroatoms. The second-order valence-corrected chi connectivity index (χ2v) is 5.76. The molecular formula is C12H18OS. The number of benzene rings is 1. The van der Waals surface area contributed by atoms with Crippen molar-refractivity contribution >= 4 is 11.8 Å². The van der Waals surface area contributed by atoms with Crippen LogP contribution in [0.25, 0.3) is 0 Å². The van der Waals surface area contributed by atoms with E-state index >= 15 is 0 Å². The fourth-order valence-electron chi connectivity index (χ4n) is 1.05. The van der Waals surface area contributed by atoms with E-state index in [1.807, 2.05) is 18.2 Å². The fraction of sp³-hybridized carbons (Fsp3) is 0.500. The Morgan fingerprint density at radius 2 is 1.86 bits per heavy atom. The zero-order valence-corrected chi connectivity index (χ0v) is 9.90. The van der Waals surface area contributed by atoms with Crippen molar-refractivity contribution in [1.82, 2.24) is 0 Å². The number of phenols is 1. The second kappa shape index (κ2) is 4.74.